The van der Waals surface area contributed by atoms with Gasteiger partial charge in [0, 0.05) is 11.3 Å². The van der Waals surface area contributed by atoms with Crippen molar-refractivity contribution >= 4 is 11.4 Å². The molecule has 0 spiro atoms. The molecule has 0 unspecified atom stereocenters. The van der Waals surface area contributed by atoms with Gasteiger partial charge in [0.05, 0.1) is 5.69 Å². The first-order chi connectivity index (χ1) is 5.25. The first kappa shape index (κ1) is 7.75. The van der Waals surface area contributed by atoms with Crippen molar-refractivity contribution in [2.75, 3.05) is 5.43 Å². The van der Waals surface area contributed by atoms with Crippen LogP contribution in [0.25, 0.3) is 0 Å². The van der Waals surface area contributed by atoms with Gasteiger partial charge in [-0.15, -0.1) is 0 Å². The zero-order valence-electron chi connectivity index (χ0n) is 6.39. The molecule has 0 bridgehead atoms. The number of hydrazine groups is 1. The van der Waals surface area contributed by atoms with E-state index >= 15 is 0 Å². The molecule has 3 heteroatoms. The molecule has 0 aliphatic heterocycles. The molecule has 0 heterocycles. The Labute approximate surface area is 65.7 Å². The smallest absolute Gasteiger partial charge is 0.0575 e. The van der Waals surface area contributed by atoms with E-state index in [0.29, 0.717) is 5.71 Å². The maximum Gasteiger partial charge on any atom is 0.0575 e. The van der Waals surface area contributed by atoms with Gasteiger partial charge in [-0.1, -0.05) is 18.2 Å². The highest BCUT2D eigenvalue weighted by Crippen LogP contribution is 2.13. The number of benzene rings is 1. The SMILES string of the molecule is CC(=N)c1ccccc1NN. The Morgan fingerprint density at radius 2 is 2.09 bits per heavy atom. The molecule has 0 saturated carbocycles. The molecule has 0 saturated heterocycles. The van der Waals surface area contributed by atoms with Crippen LogP contribution in [-0.2, 0) is 0 Å². The number of hydrogen-bond acceptors (Lipinski definition) is 3. The molecule has 3 nitrogen and oxygen atoms in total. The fourth-order valence-corrected chi connectivity index (χ4v) is 0.936. The summed E-state index contributed by atoms with van der Waals surface area (Å²) in [5.74, 6) is 5.24. The Morgan fingerprint density at radius 1 is 1.45 bits per heavy atom. The maximum absolute atomic E-state index is 7.38. The lowest BCUT2D eigenvalue weighted by atomic mass is 10.1. The van der Waals surface area contributed by atoms with Crippen LogP contribution in [0.3, 0.4) is 0 Å². The second-order valence-corrected chi connectivity index (χ2v) is 2.31. The van der Waals surface area contributed by atoms with Gasteiger partial charge in [0.25, 0.3) is 0 Å². The van der Waals surface area contributed by atoms with E-state index in [4.69, 9.17) is 11.3 Å². The zero-order valence-corrected chi connectivity index (χ0v) is 6.39. The molecule has 0 radical (unpaired) electrons. The van der Waals surface area contributed by atoms with Crippen LogP contribution in [0, 0.1) is 5.41 Å². The molecular formula is C8H11N3. The Morgan fingerprint density at radius 3 is 2.55 bits per heavy atom. The predicted octanol–water partition coefficient (Wildman–Crippen LogP) is 1.36. The van der Waals surface area contributed by atoms with Crippen LogP contribution in [0.15, 0.2) is 24.3 Å². The Bertz CT molecular complexity index is 268. The number of para-hydroxylation sites is 1. The second-order valence-electron chi connectivity index (χ2n) is 2.31. The van der Waals surface area contributed by atoms with E-state index in [1.165, 1.54) is 0 Å². The number of anilines is 1. The van der Waals surface area contributed by atoms with Crippen molar-refractivity contribution < 1.29 is 0 Å². The average Bonchev–Trinajstić information content (AvgIpc) is 2.04. The van der Waals surface area contributed by atoms with Crippen molar-refractivity contribution in [3.8, 4) is 0 Å². The highest BCUT2D eigenvalue weighted by Gasteiger charge is 1.99. The van der Waals surface area contributed by atoms with Crippen molar-refractivity contribution in [2.45, 2.75) is 6.92 Å². The lowest BCUT2D eigenvalue weighted by Gasteiger charge is -2.05. The number of hydrogen-bond donors (Lipinski definition) is 3. The third-order valence-corrected chi connectivity index (χ3v) is 1.49. The molecule has 0 aliphatic rings. The van der Waals surface area contributed by atoms with Gasteiger partial charge in [-0.25, -0.2) is 0 Å². The molecule has 11 heavy (non-hydrogen) atoms. The van der Waals surface area contributed by atoms with Crippen molar-refractivity contribution in [1.82, 2.24) is 0 Å². The quantitative estimate of drug-likeness (QED) is 0.338. The van der Waals surface area contributed by atoms with E-state index in [1.54, 1.807) is 6.92 Å². The highest BCUT2D eigenvalue weighted by atomic mass is 15.2. The molecule has 4 N–H and O–H groups in total. The normalized spacial score (nSPS) is 9.27. The highest BCUT2D eigenvalue weighted by molar-refractivity contribution is 6.01. The second kappa shape index (κ2) is 3.16. The standard InChI is InChI=1S/C8H11N3/c1-6(9)7-4-2-3-5-8(7)11-10/h2-5,9,11H,10H2,1H3. The Hall–Kier alpha value is -1.35. The third kappa shape index (κ3) is 1.56. The predicted molar refractivity (Wildman–Crippen MR) is 46.8 cm³/mol. The van der Waals surface area contributed by atoms with Gasteiger partial charge in [-0.3, -0.25) is 5.84 Å². The lowest BCUT2D eigenvalue weighted by molar-refractivity contribution is 1.33. The van der Waals surface area contributed by atoms with Gasteiger partial charge in [-0.2, -0.15) is 0 Å². The lowest BCUT2D eigenvalue weighted by Crippen LogP contribution is -2.10. The monoisotopic (exact) mass is 149 g/mol. The number of nitrogen functional groups attached to an aromatic ring is 1. The minimum Gasteiger partial charge on any atom is -0.323 e. The van der Waals surface area contributed by atoms with Crippen LogP contribution in [0.2, 0.25) is 0 Å². The van der Waals surface area contributed by atoms with Gasteiger partial charge < -0.3 is 10.8 Å². The third-order valence-electron chi connectivity index (χ3n) is 1.49. The fraction of sp³-hybridized carbons (Fsp3) is 0.125. The minimum atomic E-state index is 0.513. The molecule has 58 valence electrons. The van der Waals surface area contributed by atoms with Gasteiger partial charge in [-0.05, 0) is 13.0 Å². The zero-order chi connectivity index (χ0) is 8.27. The summed E-state index contributed by atoms with van der Waals surface area (Å²) in [6.07, 6.45) is 0. The first-order valence-corrected chi connectivity index (χ1v) is 3.37. The summed E-state index contributed by atoms with van der Waals surface area (Å²) in [5.41, 5.74) is 4.68. The maximum atomic E-state index is 7.38. The van der Waals surface area contributed by atoms with E-state index < -0.39 is 0 Å². The summed E-state index contributed by atoms with van der Waals surface area (Å²) >= 11 is 0. The minimum absolute atomic E-state index is 0.513. The molecule has 0 atom stereocenters. The Balaban J connectivity index is 3.12. The van der Waals surface area contributed by atoms with Crippen LogP contribution in [0.5, 0.6) is 0 Å². The van der Waals surface area contributed by atoms with Gasteiger partial charge >= 0.3 is 0 Å². The average molecular weight is 149 g/mol. The molecule has 1 aromatic rings. The van der Waals surface area contributed by atoms with Crippen molar-refractivity contribution in [1.29, 1.82) is 5.41 Å². The summed E-state index contributed by atoms with van der Waals surface area (Å²) in [7, 11) is 0. The number of nitrogens with one attached hydrogen (secondary N) is 2. The Kier molecular flexibility index (Phi) is 2.23. The van der Waals surface area contributed by atoms with E-state index in [-0.39, 0.29) is 0 Å². The summed E-state index contributed by atoms with van der Waals surface area (Å²) in [5, 5.41) is 7.38. The fourth-order valence-electron chi connectivity index (χ4n) is 0.936. The molecule has 0 aromatic heterocycles. The van der Waals surface area contributed by atoms with Gasteiger partial charge in [0.2, 0.25) is 0 Å². The molecule has 0 amide bonds. The van der Waals surface area contributed by atoms with Crippen molar-refractivity contribution in [2.24, 2.45) is 5.84 Å². The van der Waals surface area contributed by atoms with Crippen LogP contribution < -0.4 is 11.3 Å². The van der Waals surface area contributed by atoms with Crippen molar-refractivity contribution in [3.63, 3.8) is 0 Å². The van der Waals surface area contributed by atoms with Crippen molar-refractivity contribution in [3.05, 3.63) is 29.8 Å². The summed E-state index contributed by atoms with van der Waals surface area (Å²) in [4.78, 5) is 0. The van der Waals surface area contributed by atoms with Crippen LogP contribution in [-0.4, -0.2) is 5.71 Å². The van der Waals surface area contributed by atoms with Crippen LogP contribution in [0.1, 0.15) is 12.5 Å². The van der Waals surface area contributed by atoms with Crippen LogP contribution in [0.4, 0.5) is 5.69 Å². The van der Waals surface area contributed by atoms with E-state index in [1.807, 2.05) is 24.3 Å². The molecular weight excluding hydrogens is 138 g/mol. The van der Waals surface area contributed by atoms with Gasteiger partial charge in [0.15, 0.2) is 0 Å². The number of rotatable bonds is 2. The summed E-state index contributed by atoms with van der Waals surface area (Å²) in [6, 6.07) is 7.46. The molecule has 1 rings (SSSR count). The van der Waals surface area contributed by atoms with Crippen LogP contribution >= 0.6 is 0 Å². The van der Waals surface area contributed by atoms with E-state index in [2.05, 4.69) is 5.43 Å². The molecule has 1 aromatic carbocycles. The summed E-state index contributed by atoms with van der Waals surface area (Å²) in [6.45, 7) is 1.73. The largest absolute Gasteiger partial charge is 0.323 e. The van der Waals surface area contributed by atoms with E-state index in [9.17, 15) is 0 Å². The van der Waals surface area contributed by atoms with Gasteiger partial charge in [0.1, 0.15) is 0 Å². The summed E-state index contributed by atoms with van der Waals surface area (Å²) < 4.78 is 0. The first-order valence-electron chi connectivity index (χ1n) is 3.37. The number of nitrogens with two attached hydrogens (primary N) is 1. The molecule has 0 aliphatic carbocycles. The molecule has 0 fully saturated rings. The topological polar surface area (TPSA) is 61.9 Å². The van der Waals surface area contributed by atoms with E-state index in [0.717, 1.165) is 11.3 Å².